The van der Waals surface area contributed by atoms with E-state index in [4.69, 9.17) is 4.74 Å². The highest BCUT2D eigenvalue weighted by atomic mass is 16.5. The van der Waals surface area contributed by atoms with E-state index < -0.39 is 6.04 Å². The average molecular weight is 400 g/mol. The molecule has 0 radical (unpaired) electrons. The number of benzene rings is 1. The van der Waals surface area contributed by atoms with E-state index in [-0.39, 0.29) is 29.7 Å². The minimum Gasteiger partial charge on any atom is -0.383 e. The zero-order valence-electron chi connectivity index (χ0n) is 16.8. The number of piperidine rings is 2. The Kier molecular flexibility index (Phi) is 5.67. The molecule has 8 nitrogen and oxygen atoms in total. The third-order valence-corrected chi connectivity index (χ3v) is 6.19. The van der Waals surface area contributed by atoms with Crippen LogP contribution in [0.15, 0.2) is 18.2 Å². The molecule has 0 aromatic heterocycles. The zero-order chi connectivity index (χ0) is 20.4. The van der Waals surface area contributed by atoms with Crippen LogP contribution in [-0.2, 0) is 27.4 Å². The second-order valence-corrected chi connectivity index (χ2v) is 8.20. The number of fused-ring (bicyclic) bond motifs is 1. The third-order valence-electron chi connectivity index (χ3n) is 6.19. The molecule has 2 unspecified atom stereocenters. The van der Waals surface area contributed by atoms with E-state index in [1.807, 2.05) is 18.2 Å². The van der Waals surface area contributed by atoms with Crippen LogP contribution in [0.2, 0.25) is 0 Å². The van der Waals surface area contributed by atoms with Gasteiger partial charge >= 0.3 is 0 Å². The number of nitrogens with zero attached hydrogens (tertiary/aromatic N) is 1. The van der Waals surface area contributed by atoms with Gasteiger partial charge in [0.15, 0.2) is 0 Å². The summed E-state index contributed by atoms with van der Waals surface area (Å²) in [6.45, 7) is 3.40. The summed E-state index contributed by atoms with van der Waals surface area (Å²) >= 11 is 0. The van der Waals surface area contributed by atoms with Gasteiger partial charge in [-0.05, 0) is 36.9 Å². The Morgan fingerprint density at radius 1 is 1.31 bits per heavy atom. The largest absolute Gasteiger partial charge is 0.383 e. The van der Waals surface area contributed by atoms with E-state index in [0.29, 0.717) is 31.7 Å². The summed E-state index contributed by atoms with van der Waals surface area (Å²) in [5, 5.41) is 9.41. The molecule has 3 amide bonds. The summed E-state index contributed by atoms with van der Waals surface area (Å²) in [6, 6.07) is 5.28. The van der Waals surface area contributed by atoms with Crippen molar-refractivity contribution >= 4 is 17.7 Å². The molecule has 0 aliphatic carbocycles. The molecule has 0 spiro atoms. The van der Waals surface area contributed by atoms with Gasteiger partial charge in [0.05, 0.1) is 12.1 Å². The molecule has 8 heteroatoms. The SMILES string of the molecule is COCC1(NCc2cccc3c2C(=O)N(C2CCC(=O)NC2=O)C3)CCCNC1. The standard InChI is InChI=1S/C21H28N4O4/c1-29-13-21(8-3-9-22-12-21)23-10-14-4-2-5-15-11-25(20(28)18(14)15)16-6-7-17(26)24-19(16)27/h2,4-5,16,22-23H,3,6-13H2,1H3,(H,24,26,27). The first kappa shape index (κ1) is 20.0. The van der Waals surface area contributed by atoms with Gasteiger partial charge in [-0.1, -0.05) is 18.2 Å². The normalized spacial score (nSPS) is 27.1. The molecule has 3 heterocycles. The molecule has 3 aliphatic rings. The number of hydrogen-bond acceptors (Lipinski definition) is 6. The van der Waals surface area contributed by atoms with E-state index in [1.165, 1.54) is 0 Å². The molecule has 1 aromatic carbocycles. The second-order valence-electron chi connectivity index (χ2n) is 8.20. The van der Waals surface area contributed by atoms with Gasteiger partial charge in [0.25, 0.3) is 5.91 Å². The number of methoxy groups -OCH3 is 1. The second kappa shape index (κ2) is 8.22. The Morgan fingerprint density at radius 3 is 2.90 bits per heavy atom. The van der Waals surface area contributed by atoms with Crippen molar-refractivity contribution in [3.05, 3.63) is 34.9 Å². The molecule has 4 rings (SSSR count). The molecule has 2 atom stereocenters. The highest BCUT2D eigenvalue weighted by molar-refractivity contribution is 6.05. The van der Waals surface area contributed by atoms with Crippen molar-refractivity contribution in [3.8, 4) is 0 Å². The maximum Gasteiger partial charge on any atom is 0.255 e. The summed E-state index contributed by atoms with van der Waals surface area (Å²) in [7, 11) is 1.71. The van der Waals surface area contributed by atoms with Crippen LogP contribution >= 0.6 is 0 Å². The minimum atomic E-state index is -0.587. The number of hydrogen-bond donors (Lipinski definition) is 3. The molecule has 2 fully saturated rings. The van der Waals surface area contributed by atoms with Crippen molar-refractivity contribution in [2.45, 2.75) is 50.4 Å². The van der Waals surface area contributed by atoms with E-state index in [9.17, 15) is 14.4 Å². The number of nitrogens with one attached hydrogen (secondary N) is 3. The Labute approximate surface area is 170 Å². The average Bonchev–Trinajstić information content (AvgIpc) is 3.04. The quantitative estimate of drug-likeness (QED) is 0.594. The summed E-state index contributed by atoms with van der Waals surface area (Å²) in [5.41, 5.74) is 2.40. The van der Waals surface area contributed by atoms with Crippen molar-refractivity contribution in [1.82, 2.24) is 20.9 Å². The Bertz CT molecular complexity index is 813. The Hall–Kier alpha value is -2.29. The van der Waals surface area contributed by atoms with Crippen LogP contribution in [0.1, 0.15) is 47.2 Å². The molecular formula is C21H28N4O4. The number of carbonyl (C=O) groups is 3. The van der Waals surface area contributed by atoms with Crippen LogP contribution in [0.4, 0.5) is 0 Å². The maximum atomic E-state index is 13.2. The minimum absolute atomic E-state index is 0.130. The van der Waals surface area contributed by atoms with Gasteiger partial charge in [-0.25, -0.2) is 0 Å². The summed E-state index contributed by atoms with van der Waals surface area (Å²) < 4.78 is 5.45. The fourth-order valence-electron chi connectivity index (χ4n) is 4.69. The monoisotopic (exact) mass is 400 g/mol. The summed E-state index contributed by atoms with van der Waals surface area (Å²) in [5.74, 6) is -0.784. The van der Waals surface area contributed by atoms with Gasteiger partial charge in [-0.3, -0.25) is 19.7 Å². The molecule has 0 bridgehead atoms. The summed E-state index contributed by atoms with van der Waals surface area (Å²) in [6.07, 6.45) is 2.72. The van der Waals surface area contributed by atoms with E-state index >= 15 is 0 Å². The van der Waals surface area contributed by atoms with Gasteiger partial charge in [-0.2, -0.15) is 0 Å². The predicted molar refractivity (Wildman–Crippen MR) is 106 cm³/mol. The number of rotatable bonds is 6. The molecule has 156 valence electrons. The molecule has 0 saturated carbocycles. The highest BCUT2D eigenvalue weighted by Crippen LogP contribution is 2.30. The summed E-state index contributed by atoms with van der Waals surface area (Å²) in [4.78, 5) is 38.5. The van der Waals surface area contributed by atoms with Crippen LogP contribution in [-0.4, -0.2) is 61.0 Å². The molecule has 1 aromatic rings. The van der Waals surface area contributed by atoms with Crippen molar-refractivity contribution in [2.75, 3.05) is 26.8 Å². The lowest BCUT2D eigenvalue weighted by Gasteiger charge is -2.38. The molecule has 3 N–H and O–H groups in total. The molecule has 2 saturated heterocycles. The van der Waals surface area contributed by atoms with Gasteiger partial charge in [0.1, 0.15) is 6.04 Å². The Balaban J connectivity index is 1.51. The van der Waals surface area contributed by atoms with Crippen molar-refractivity contribution in [1.29, 1.82) is 0 Å². The predicted octanol–water partition coefficient (Wildman–Crippen LogP) is 0.306. The van der Waals surface area contributed by atoms with Crippen LogP contribution in [0.3, 0.4) is 0 Å². The first-order valence-corrected chi connectivity index (χ1v) is 10.2. The zero-order valence-corrected chi connectivity index (χ0v) is 16.8. The van der Waals surface area contributed by atoms with Crippen molar-refractivity contribution < 1.29 is 19.1 Å². The Morgan fingerprint density at radius 2 is 2.17 bits per heavy atom. The van der Waals surface area contributed by atoms with Gasteiger partial charge in [-0.15, -0.1) is 0 Å². The van der Waals surface area contributed by atoms with Crippen molar-refractivity contribution in [2.24, 2.45) is 0 Å². The van der Waals surface area contributed by atoms with Crippen LogP contribution in [0.5, 0.6) is 0 Å². The molecule has 3 aliphatic heterocycles. The molecular weight excluding hydrogens is 372 g/mol. The number of amides is 3. The van der Waals surface area contributed by atoms with Gasteiger partial charge in [0.2, 0.25) is 11.8 Å². The fraction of sp³-hybridized carbons (Fsp3) is 0.571. The maximum absolute atomic E-state index is 13.2. The van der Waals surface area contributed by atoms with Crippen LogP contribution in [0, 0.1) is 0 Å². The van der Waals surface area contributed by atoms with Crippen molar-refractivity contribution in [3.63, 3.8) is 0 Å². The first-order chi connectivity index (χ1) is 14.0. The number of ether oxygens (including phenoxy) is 1. The smallest absolute Gasteiger partial charge is 0.255 e. The first-order valence-electron chi connectivity index (χ1n) is 10.2. The van der Waals surface area contributed by atoms with Crippen LogP contribution in [0.25, 0.3) is 0 Å². The third kappa shape index (κ3) is 3.92. The lowest BCUT2D eigenvalue weighted by molar-refractivity contribution is -0.136. The van der Waals surface area contributed by atoms with E-state index in [1.54, 1.807) is 12.0 Å². The van der Waals surface area contributed by atoms with Gasteiger partial charge < -0.3 is 20.3 Å². The highest BCUT2D eigenvalue weighted by Gasteiger charge is 2.40. The van der Waals surface area contributed by atoms with E-state index in [0.717, 1.165) is 37.1 Å². The van der Waals surface area contributed by atoms with Gasteiger partial charge in [0, 0.05) is 38.7 Å². The number of carbonyl (C=O) groups excluding carboxylic acids is 3. The molecule has 29 heavy (non-hydrogen) atoms. The topological polar surface area (TPSA) is 99.8 Å². The lowest BCUT2D eigenvalue weighted by Crippen LogP contribution is -2.58. The fourth-order valence-corrected chi connectivity index (χ4v) is 4.69. The van der Waals surface area contributed by atoms with E-state index in [2.05, 4.69) is 16.0 Å². The van der Waals surface area contributed by atoms with Crippen LogP contribution < -0.4 is 16.0 Å². The number of imide groups is 1. The lowest BCUT2D eigenvalue weighted by atomic mass is 9.90.